The highest BCUT2D eigenvalue weighted by atomic mass is 19.1. The fourth-order valence-corrected chi connectivity index (χ4v) is 2.02. The molecule has 122 valence electrons. The van der Waals surface area contributed by atoms with Crippen LogP contribution in [0.4, 0.5) is 10.1 Å². The van der Waals surface area contributed by atoms with Crippen LogP contribution in [0, 0.1) is 12.7 Å². The van der Waals surface area contributed by atoms with Gasteiger partial charge in [0, 0.05) is 11.7 Å². The summed E-state index contributed by atoms with van der Waals surface area (Å²) in [6, 6.07) is 4.65. The number of quaternary nitrogens is 1. The summed E-state index contributed by atoms with van der Waals surface area (Å²) in [4.78, 5) is 24.6. The van der Waals surface area contributed by atoms with E-state index >= 15 is 0 Å². The van der Waals surface area contributed by atoms with E-state index in [1.165, 1.54) is 6.07 Å². The third-order valence-corrected chi connectivity index (χ3v) is 3.23. The van der Waals surface area contributed by atoms with Crippen LogP contribution in [0.25, 0.3) is 0 Å². The molecule has 0 aliphatic heterocycles. The molecule has 2 amide bonds. The minimum Gasteiger partial charge on any atom is -0.349 e. The first-order valence-electron chi connectivity index (χ1n) is 7.50. The van der Waals surface area contributed by atoms with Crippen LogP contribution in [0.1, 0.15) is 26.3 Å². The second-order valence-corrected chi connectivity index (χ2v) is 5.69. The van der Waals surface area contributed by atoms with Gasteiger partial charge in [-0.05, 0) is 45.4 Å². The number of rotatable bonds is 7. The van der Waals surface area contributed by atoms with E-state index in [1.807, 2.05) is 20.8 Å². The van der Waals surface area contributed by atoms with Gasteiger partial charge in [-0.25, -0.2) is 4.39 Å². The van der Waals surface area contributed by atoms with E-state index in [2.05, 4.69) is 10.6 Å². The molecular formula is C16H25FN3O2+. The summed E-state index contributed by atoms with van der Waals surface area (Å²) in [6.45, 7) is 8.42. The molecule has 0 aliphatic carbocycles. The summed E-state index contributed by atoms with van der Waals surface area (Å²) >= 11 is 0. The lowest BCUT2D eigenvalue weighted by molar-refractivity contribution is -0.881. The van der Waals surface area contributed by atoms with E-state index in [0.717, 1.165) is 4.90 Å². The topological polar surface area (TPSA) is 62.6 Å². The minimum absolute atomic E-state index is 0.0787. The maximum Gasteiger partial charge on any atom is 0.279 e. The molecule has 0 aromatic heterocycles. The average Bonchev–Trinajstić information content (AvgIpc) is 2.41. The van der Waals surface area contributed by atoms with Crippen molar-refractivity contribution in [1.29, 1.82) is 0 Å². The largest absolute Gasteiger partial charge is 0.349 e. The summed E-state index contributed by atoms with van der Waals surface area (Å²) in [6.07, 6.45) is 0. The van der Waals surface area contributed by atoms with Gasteiger partial charge in [-0.3, -0.25) is 9.59 Å². The van der Waals surface area contributed by atoms with Crippen molar-refractivity contribution < 1.29 is 18.9 Å². The van der Waals surface area contributed by atoms with Gasteiger partial charge in [-0.1, -0.05) is 6.07 Å². The van der Waals surface area contributed by atoms with Crippen LogP contribution < -0.4 is 15.5 Å². The zero-order chi connectivity index (χ0) is 16.7. The molecule has 0 bridgehead atoms. The molecule has 5 nitrogen and oxygen atoms in total. The van der Waals surface area contributed by atoms with Crippen molar-refractivity contribution >= 4 is 17.5 Å². The number of benzene rings is 1. The number of carbonyl (C=O) groups is 2. The number of likely N-dealkylation sites (N-methyl/N-ethyl adjacent to an activating group) is 1. The summed E-state index contributed by atoms with van der Waals surface area (Å²) in [5, 5.41) is 5.46. The number of carbonyl (C=O) groups excluding carboxylic acids is 2. The van der Waals surface area contributed by atoms with Crippen LogP contribution >= 0.6 is 0 Å². The first-order valence-corrected chi connectivity index (χ1v) is 7.50. The number of amides is 2. The fourth-order valence-electron chi connectivity index (χ4n) is 2.02. The molecule has 0 saturated heterocycles. The lowest BCUT2D eigenvalue weighted by Gasteiger charge is -2.17. The molecule has 1 atom stereocenters. The maximum atomic E-state index is 13.4. The SMILES string of the molecule is CC[NH+](CC(=O)Nc1ccc(C)c(F)c1)CC(=O)NC(C)C. The molecule has 3 N–H and O–H groups in total. The van der Waals surface area contributed by atoms with E-state index < -0.39 is 0 Å². The van der Waals surface area contributed by atoms with E-state index in [-0.39, 0.29) is 36.8 Å². The minimum atomic E-state index is -0.353. The van der Waals surface area contributed by atoms with Gasteiger partial charge in [0.2, 0.25) is 0 Å². The Balaban J connectivity index is 2.54. The Kier molecular flexibility index (Phi) is 6.98. The van der Waals surface area contributed by atoms with Crippen molar-refractivity contribution in [2.75, 3.05) is 25.0 Å². The van der Waals surface area contributed by atoms with Crippen molar-refractivity contribution in [3.63, 3.8) is 0 Å². The molecular weight excluding hydrogens is 285 g/mol. The lowest BCUT2D eigenvalue weighted by atomic mass is 10.2. The number of hydrogen-bond acceptors (Lipinski definition) is 2. The first kappa shape index (κ1) is 18.1. The standard InChI is InChI=1S/C16H24FN3O2/c1-5-20(9-15(21)18-11(2)3)10-16(22)19-13-7-6-12(4)14(17)8-13/h6-8,11H,5,9-10H2,1-4H3,(H,18,21)(H,19,22)/p+1. The van der Waals surface area contributed by atoms with Gasteiger partial charge < -0.3 is 15.5 Å². The highest BCUT2D eigenvalue weighted by Crippen LogP contribution is 2.13. The van der Waals surface area contributed by atoms with Crippen LogP contribution in [0.5, 0.6) is 0 Å². The number of hydrogen-bond donors (Lipinski definition) is 3. The molecule has 0 aliphatic rings. The van der Waals surface area contributed by atoms with E-state index in [1.54, 1.807) is 19.1 Å². The van der Waals surface area contributed by atoms with Gasteiger partial charge in [0.15, 0.2) is 13.1 Å². The predicted octanol–water partition coefficient (Wildman–Crippen LogP) is 0.502. The molecule has 22 heavy (non-hydrogen) atoms. The van der Waals surface area contributed by atoms with Gasteiger partial charge >= 0.3 is 0 Å². The van der Waals surface area contributed by atoms with Crippen LogP contribution in [0.3, 0.4) is 0 Å². The molecule has 1 aromatic carbocycles. The van der Waals surface area contributed by atoms with Gasteiger partial charge in [-0.2, -0.15) is 0 Å². The molecule has 0 saturated carbocycles. The van der Waals surface area contributed by atoms with Crippen LogP contribution in [0.2, 0.25) is 0 Å². The van der Waals surface area contributed by atoms with Gasteiger partial charge in [0.25, 0.3) is 11.8 Å². The summed E-state index contributed by atoms with van der Waals surface area (Å²) in [7, 11) is 0. The van der Waals surface area contributed by atoms with Gasteiger partial charge in [-0.15, -0.1) is 0 Å². The summed E-state index contributed by atoms with van der Waals surface area (Å²) in [5.41, 5.74) is 0.958. The Bertz CT molecular complexity index is 532. The Labute approximate surface area is 130 Å². The Morgan fingerprint density at radius 1 is 1.23 bits per heavy atom. The van der Waals surface area contributed by atoms with Crippen LogP contribution in [0.15, 0.2) is 18.2 Å². The predicted molar refractivity (Wildman–Crippen MR) is 84.3 cm³/mol. The first-order chi connectivity index (χ1) is 10.3. The number of halogens is 1. The molecule has 1 aromatic rings. The fraction of sp³-hybridized carbons (Fsp3) is 0.500. The molecule has 1 rings (SSSR count). The molecule has 0 radical (unpaired) electrons. The van der Waals surface area contributed by atoms with E-state index in [0.29, 0.717) is 17.8 Å². The average molecular weight is 310 g/mol. The maximum absolute atomic E-state index is 13.4. The van der Waals surface area contributed by atoms with E-state index in [9.17, 15) is 14.0 Å². The third-order valence-electron chi connectivity index (χ3n) is 3.23. The number of nitrogens with one attached hydrogen (secondary N) is 3. The lowest BCUT2D eigenvalue weighted by Crippen LogP contribution is -3.14. The van der Waals surface area contributed by atoms with E-state index in [4.69, 9.17) is 0 Å². The van der Waals surface area contributed by atoms with Crippen molar-refractivity contribution in [2.24, 2.45) is 0 Å². The van der Waals surface area contributed by atoms with Crippen molar-refractivity contribution in [1.82, 2.24) is 5.32 Å². The van der Waals surface area contributed by atoms with Crippen molar-refractivity contribution in [3.8, 4) is 0 Å². The smallest absolute Gasteiger partial charge is 0.279 e. The highest BCUT2D eigenvalue weighted by Gasteiger charge is 2.17. The number of aryl methyl sites for hydroxylation is 1. The summed E-state index contributed by atoms with van der Waals surface area (Å²) in [5.74, 6) is -0.674. The summed E-state index contributed by atoms with van der Waals surface area (Å²) < 4.78 is 13.4. The van der Waals surface area contributed by atoms with Gasteiger partial charge in [0.1, 0.15) is 5.82 Å². The zero-order valence-corrected chi connectivity index (χ0v) is 13.6. The monoisotopic (exact) mass is 310 g/mol. The zero-order valence-electron chi connectivity index (χ0n) is 13.6. The molecule has 0 spiro atoms. The second kappa shape index (κ2) is 8.48. The third kappa shape index (κ3) is 6.22. The number of anilines is 1. The van der Waals surface area contributed by atoms with Gasteiger partial charge in [0.05, 0.1) is 6.54 Å². The molecule has 0 fully saturated rings. The Morgan fingerprint density at radius 3 is 2.41 bits per heavy atom. The molecule has 1 unspecified atom stereocenters. The Morgan fingerprint density at radius 2 is 1.86 bits per heavy atom. The highest BCUT2D eigenvalue weighted by molar-refractivity contribution is 5.91. The Hall–Kier alpha value is -1.95. The van der Waals surface area contributed by atoms with Crippen molar-refractivity contribution in [2.45, 2.75) is 33.7 Å². The van der Waals surface area contributed by atoms with Crippen LogP contribution in [-0.4, -0.2) is 37.5 Å². The van der Waals surface area contributed by atoms with Crippen LogP contribution in [-0.2, 0) is 9.59 Å². The molecule has 6 heteroatoms. The second-order valence-electron chi connectivity index (χ2n) is 5.69. The quantitative estimate of drug-likeness (QED) is 0.687. The van der Waals surface area contributed by atoms with Crippen molar-refractivity contribution in [3.05, 3.63) is 29.6 Å². The molecule has 0 heterocycles. The normalized spacial score (nSPS) is 12.1.